The molecule has 3 rings (SSSR count). The van der Waals surface area contributed by atoms with Crippen LogP contribution in [0.3, 0.4) is 0 Å². The van der Waals surface area contributed by atoms with Crippen LogP contribution in [0.5, 0.6) is 0 Å². The molecule has 0 aliphatic carbocycles. The van der Waals surface area contributed by atoms with Gasteiger partial charge in [-0.1, -0.05) is 6.07 Å². The van der Waals surface area contributed by atoms with Crippen LogP contribution in [-0.2, 0) is 25.5 Å². The summed E-state index contributed by atoms with van der Waals surface area (Å²) in [6, 6.07) is 3.83. The van der Waals surface area contributed by atoms with Gasteiger partial charge in [0, 0.05) is 38.6 Å². The third kappa shape index (κ3) is 10.9. The highest BCUT2D eigenvalue weighted by atomic mass is 19.4. The number of carboxylic acid groups (broad SMARTS) is 2. The maximum absolute atomic E-state index is 12.5. The van der Waals surface area contributed by atoms with Crippen molar-refractivity contribution in [1.29, 1.82) is 0 Å². The van der Waals surface area contributed by atoms with Gasteiger partial charge in [-0.05, 0) is 31.5 Å². The van der Waals surface area contributed by atoms with Gasteiger partial charge < -0.3 is 24.7 Å². The first-order chi connectivity index (χ1) is 16.1. The Balaban J connectivity index is 0.000000362. The highest BCUT2D eigenvalue weighted by Gasteiger charge is 2.40. The Morgan fingerprint density at radius 2 is 1.54 bits per heavy atom. The molecule has 1 amide bonds. The molecule has 2 aliphatic heterocycles. The van der Waals surface area contributed by atoms with Crippen molar-refractivity contribution in [1.82, 2.24) is 14.8 Å². The first-order valence-electron chi connectivity index (χ1n) is 10.2. The van der Waals surface area contributed by atoms with Gasteiger partial charge in [-0.15, -0.1) is 0 Å². The number of halogens is 6. The number of hydrogen-bond donors (Lipinski definition) is 2. The molecule has 0 unspecified atom stereocenters. The fraction of sp³-hybridized carbons (Fsp3) is 0.600. The second-order valence-corrected chi connectivity index (χ2v) is 7.79. The van der Waals surface area contributed by atoms with E-state index in [9.17, 15) is 31.1 Å². The Bertz CT molecular complexity index is 818. The van der Waals surface area contributed by atoms with E-state index in [0.29, 0.717) is 19.6 Å². The molecular formula is C20H25F6N3O6. The van der Waals surface area contributed by atoms with E-state index in [-0.39, 0.29) is 11.5 Å². The van der Waals surface area contributed by atoms with E-state index >= 15 is 0 Å². The van der Waals surface area contributed by atoms with Crippen molar-refractivity contribution in [3.05, 3.63) is 30.1 Å². The van der Waals surface area contributed by atoms with Gasteiger partial charge in [0.2, 0.25) is 5.91 Å². The first kappa shape index (κ1) is 30.1. The van der Waals surface area contributed by atoms with Crippen LogP contribution >= 0.6 is 0 Å². The molecule has 1 aromatic heterocycles. The molecule has 2 N–H and O–H groups in total. The van der Waals surface area contributed by atoms with Gasteiger partial charge in [-0.3, -0.25) is 9.78 Å². The zero-order valence-corrected chi connectivity index (χ0v) is 18.6. The summed E-state index contributed by atoms with van der Waals surface area (Å²) >= 11 is 0. The van der Waals surface area contributed by atoms with Crippen molar-refractivity contribution in [2.75, 3.05) is 39.8 Å². The number of aliphatic carboxylic acids is 2. The van der Waals surface area contributed by atoms with Crippen molar-refractivity contribution in [3.8, 4) is 0 Å². The lowest BCUT2D eigenvalue weighted by molar-refractivity contribution is -0.193. The van der Waals surface area contributed by atoms with E-state index in [4.69, 9.17) is 24.5 Å². The summed E-state index contributed by atoms with van der Waals surface area (Å²) in [7, 11) is 2.14. The van der Waals surface area contributed by atoms with Crippen molar-refractivity contribution in [3.63, 3.8) is 0 Å². The van der Waals surface area contributed by atoms with Crippen molar-refractivity contribution < 1.29 is 55.7 Å². The predicted octanol–water partition coefficient (Wildman–Crippen LogP) is 2.21. The smallest absolute Gasteiger partial charge is 0.475 e. The van der Waals surface area contributed by atoms with Crippen LogP contribution in [0.4, 0.5) is 26.3 Å². The standard InChI is InChI=1S/C16H23N3O2.2C2HF3O2/c1-18-7-4-16(5-8-18)13-19(9-10-21-16)15(20)11-14-3-2-6-17-12-14;2*3-2(4,5)1(6)7/h2-3,6,12H,4-5,7-11,13H2,1H3;2*(H,6,7). The summed E-state index contributed by atoms with van der Waals surface area (Å²) < 4.78 is 69.5. The zero-order chi connectivity index (χ0) is 26.9. The van der Waals surface area contributed by atoms with Gasteiger partial charge in [0.15, 0.2) is 0 Å². The van der Waals surface area contributed by atoms with Gasteiger partial charge in [-0.25, -0.2) is 9.59 Å². The molecule has 3 heterocycles. The Kier molecular flexibility index (Phi) is 10.9. The molecule has 2 aliphatic rings. The predicted molar refractivity (Wildman–Crippen MR) is 107 cm³/mol. The molecule has 0 atom stereocenters. The lowest BCUT2D eigenvalue weighted by Crippen LogP contribution is -2.57. The average Bonchev–Trinajstić information content (AvgIpc) is 2.76. The number of nitrogens with zero attached hydrogens (tertiary/aromatic N) is 3. The summed E-state index contributed by atoms with van der Waals surface area (Å²) in [5.41, 5.74) is 0.862. The van der Waals surface area contributed by atoms with Crippen LogP contribution in [0.25, 0.3) is 0 Å². The molecule has 198 valence electrons. The number of ether oxygens (including phenoxy) is 1. The second kappa shape index (κ2) is 12.7. The van der Waals surface area contributed by atoms with Gasteiger partial charge in [0.05, 0.1) is 18.6 Å². The molecule has 0 radical (unpaired) electrons. The number of piperidine rings is 1. The molecule has 0 saturated carbocycles. The van der Waals surface area contributed by atoms with E-state index in [1.54, 1.807) is 12.4 Å². The number of likely N-dealkylation sites (tertiary alicyclic amines) is 1. The summed E-state index contributed by atoms with van der Waals surface area (Å²) in [5.74, 6) is -5.33. The number of aromatic nitrogens is 1. The van der Waals surface area contributed by atoms with Gasteiger partial charge in [-0.2, -0.15) is 26.3 Å². The highest BCUT2D eigenvalue weighted by Crippen LogP contribution is 2.29. The van der Waals surface area contributed by atoms with Gasteiger partial charge in [0.25, 0.3) is 0 Å². The molecular weight excluding hydrogens is 492 g/mol. The maximum Gasteiger partial charge on any atom is 0.490 e. The topological polar surface area (TPSA) is 120 Å². The lowest BCUT2D eigenvalue weighted by Gasteiger charge is -2.46. The number of amides is 1. The number of rotatable bonds is 2. The molecule has 1 spiro atoms. The Labute approximate surface area is 196 Å². The molecule has 0 bridgehead atoms. The third-order valence-electron chi connectivity index (χ3n) is 5.06. The van der Waals surface area contributed by atoms with E-state index in [1.807, 2.05) is 17.0 Å². The number of carbonyl (C=O) groups excluding carboxylic acids is 1. The summed E-state index contributed by atoms with van der Waals surface area (Å²) in [6.45, 7) is 4.19. The average molecular weight is 517 g/mol. The minimum Gasteiger partial charge on any atom is -0.475 e. The minimum absolute atomic E-state index is 0.116. The molecule has 2 saturated heterocycles. The van der Waals surface area contributed by atoms with Crippen LogP contribution in [0.1, 0.15) is 18.4 Å². The molecule has 1 aromatic rings. The largest absolute Gasteiger partial charge is 0.490 e. The molecule has 35 heavy (non-hydrogen) atoms. The van der Waals surface area contributed by atoms with Gasteiger partial charge in [0.1, 0.15) is 0 Å². The quantitative estimate of drug-likeness (QED) is 0.574. The zero-order valence-electron chi connectivity index (χ0n) is 18.6. The van der Waals surface area contributed by atoms with Crippen LogP contribution in [0.2, 0.25) is 0 Å². The Morgan fingerprint density at radius 1 is 1.03 bits per heavy atom. The van der Waals surface area contributed by atoms with E-state index in [2.05, 4.69) is 16.9 Å². The van der Waals surface area contributed by atoms with Gasteiger partial charge >= 0.3 is 24.3 Å². The first-order valence-corrected chi connectivity index (χ1v) is 10.2. The SMILES string of the molecule is CN1CCC2(CC1)CN(C(=O)Cc1cccnc1)CCO2.O=C(O)C(F)(F)F.O=C(O)C(F)(F)F. The number of carboxylic acids is 2. The number of alkyl halides is 6. The van der Waals surface area contributed by atoms with Crippen molar-refractivity contribution in [2.24, 2.45) is 0 Å². The summed E-state index contributed by atoms with van der Waals surface area (Å²) in [5, 5.41) is 14.2. The van der Waals surface area contributed by atoms with Crippen molar-refractivity contribution >= 4 is 17.8 Å². The highest BCUT2D eigenvalue weighted by molar-refractivity contribution is 5.79. The normalized spacial score (nSPS) is 18.0. The lowest BCUT2D eigenvalue weighted by atomic mass is 9.89. The third-order valence-corrected chi connectivity index (χ3v) is 5.06. The van der Waals surface area contributed by atoms with Crippen molar-refractivity contribution in [2.45, 2.75) is 37.2 Å². The number of pyridine rings is 1. The van der Waals surface area contributed by atoms with E-state index in [0.717, 1.165) is 38.0 Å². The Morgan fingerprint density at radius 3 is 1.97 bits per heavy atom. The van der Waals surface area contributed by atoms with E-state index < -0.39 is 24.3 Å². The molecule has 15 heteroatoms. The molecule has 0 aromatic carbocycles. The monoisotopic (exact) mass is 517 g/mol. The summed E-state index contributed by atoms with van der Waals surface area (Å²) in [4.78, 5) is 38.7. The van der Waals surface area contributed by atoms with Crippen LogP contribution < -0.4 is 0 Å². The van der Waals surface area contributed by atoms with Crippen LogP contribution in [0.15, 0.2) is 24.5 Å². The fourth-order valence-electron chi connectivity index (χ4n) is 3.18. The van der Waals surface area contributed by atoms with Crippen LogP contribution in [0, 0.1) is 0 Å². The minimum atomic E-state index is -5.08. The maximum atomic E-state index is 12.5. The van der Waals surface area contributed by atoms with Crippen LogP contribution in [-0.4, -0.2) is 101 Å². The molecule has 9 nitrogen and oxygen atoms in total. The molecule has 2 fully saturated rings. The van der Waals surface area contributed by atoms with E-state index in [1.165, 1.54) is 0 Å². The summed E-state index contributed by atoms with van der Waals surface area (Å²) in [6.07, 6.45) is -4.20. The second-order valence-electron chi connectivity index (χ2n) is 7.79. The number of hydrogen-bond acceptors (Lipinski definition) is 6. The Hall–Kier alpha value is -2.94. The number of morpholine rings is 1. The fourth-order valence-corrected chi connectivity index (χ4v) is 3.18. The number of carbonyl (C=O) groups is 3.